The van der Waals surface area contributed by atoms with Crippen molar-refractivity contribution in [1.29, 1.82) is 0 Å². The second-order valence-electron chi connectivity index (χ2n) is 5.01. The monoisotopic (exact) mass is 299 g/mol. The van der Waals surface area contributed by atoms with E-state index in [4.69, 9.17) is 9.47 Å². The Morgan fingerprint density at radius 2 is 1.64 bits per heavy atom. The van der Waals surface area contributed by atoms with Gasteiger partial charge in [-0.25, -0.2) is 4.79 Å². The number of nitrogens with zero attached hydrogens (tertiary/aromatic N) is 1. The summed E-state index contributed by atoms with van der Waals surface area (Å²) in [7, 11) is 0. The van der Waals surface area contributed by atoms with Gasteiger partial charge in [-0.3, -0.25) is 4.98 Å². The van der Waals surface area contributed by atoms with E-state index in [1.165, 1.54) is 19.3 Å². The zero-order valence-electron chi connectivity index (χ0n) is 12.8. The van der Waals surface area contributed by atoms with Crippen LogP contribution in [0.5, 0.6) is 11.5 Å². The van der Waals surface area contributed by atoms with Crippen LogP contribution in [0.3, 0.4) is 0 Å². The number of ether oxygens (including phenoxy) is 2. The zero-order chi connectivity index (χ0) is 15.6. The molecule has 0 N–H and O–H groups in total. The van der Waals surface area contributed by atoms with Crippen LogP contribution in [0.1, 0.15) is 43.0 Å². The third-order valence-corrected chi connectivity index (χ3v) is 3.22. The summed E-state index contributed by atoms with van der Waals surface area (Å²) in [4.78, 5) is 15.8. The topological polar surface area (TPSA) is 48.4 Å². The number of carbonyl (C=O) groups excluding carboxylic acids is 1. The standard InChI is InChI=1S/C18H21NO3/c1-2-3-4-5-14-21-16-6-8-17(9-7-16)22-18(20)15-10-12-19-13-11-15/h6-13H,2-5,14H2,1H3. The van der Waals surface area contributed by atoms with Crippen LogP contribution in [0.25, 0.3) is 0 Å². The second kappa shape index (κ2) is 8.82. The number of unbranched alkanes of at least 4 members (excludes halogenated alkanes) is 3. The summed E-state index contributed by atoms with van der Waals surface area (Å²) in [5.74, 6) is 0.899. The van der Waals surface area contributed by atoms with Gasteiger partial charge < -0.3 is 9.47 Å². The van der Waals surface area contributed by atoms with Gasteiger partial charge in [-0.15, -0.1) is 0 Å². The van der Waals surface area contributed by atoms with E-state index in [2.05, 4.69) is 11.9 Å². The number of carbonyl (C=O) groups is 1. The van der Waals surface area contributed by atoms with Crippen LogP contribution in [-0.4, -0.2) is 17.6 Å². The molecule has 0 saturated carbocycles. The van der Waals surface area contributed by atoms with Crippen molar-refractivity contribution in [3.8, 4) is 11.5 Å². The average molecular weight is 299 g/mol. The highest BCUT2D eigenvalue weighted by Crippen LogP contribution is 2.19. The van der Waals surface area contributed by atoms with Gasteiger partial charge in [-0.2, -0.15) is 0 Å². The fourth-order valence-corrected chi connectivity index (χ4v) is 1.98. The lowest BCUT2D eigenvalue weighted by Gasteiger charge is -2.07. The molecule has 1 aromatic carbocycles. The maximum absolute atomic E-state index is 11.9. The molecule has 4 heteroatoms. The maximum Gasteiger partial charge on any atom is 0.343 e. The van der Waals surface area contributed by atoms with Crippen LogP contribution >= 0.6 is 0 Å². The first kappa shape index (κ1) is 16.0. The molecule has 0 aliphatic carbocycles. The molecule has 0 atom stereocenters. The Morgan fingerprint density at radius 3 is 2.32 bits per heavy atom. The molecule has 0 spiro atoms. The minimum absolute atomic E-state index is 0.393. The molecule has 116 valence electrons. The molecule has 2 rings (SSSR count). The van der Waals surface area contributed by atoms with Crippen molar-refractivity contribution in [3.63, 3.8) is 0 Å². The Morgan fingerprint density at radius 1 is 0.955 bits per heavy atom. The summed E-state index contributed by atoms with van der Waals surface area (Å²) in [6, 6.07) is 10.3. The van der Waals surface area contributed by atoms with Gasteiger partial charge in [0.1, 0.15) is 11.5 Å². The Hall–Kier alpha value is -2.36. The Bertz CT molecular complexity index is 567. The highest BCUT2D eigenvalue weighted by atomic mass is 16.5. The number of rotatable bonds is 8. The van der Waals surface area contributed by atoms with Gasteiger partial charge in [-0.05, 0) is 42.8 Å². The lowest BCUT2D eigenvalue weighted by molar-refractivity contribution is 0.0734. The molecule has 0 bridgehead atoms. The molecule has 0 saturated heterocycles. The van der Waals surface area contributed by atoms with Gasteiger partial charge in [0, 0.05) is 12.4 Å². The summed E-state index contributed by atoms with van der Waals surface area (Å²) in [5.41, 5.74) is 0.478. The number of pyridine rings is 1. The minimum atomic E-state index is -0.393. The van der Waals surface area contributed by atoms with Crippen molar-refractivity contribution in [2.45, 2.75) is 32.6 Å². The molecule has 0 unspecified atom stereocenters. The Labute approximate surface area is 131 Å². The maximum atomic E-state index is 11.9. The zero-order valence-corrected chi connectivity index (χ0v) is 12.8. The van der Waals surface area contributed by atoms with E-state index >= 15 is 0 Å². The lowest BCUT2D eigenvalue weighted by Crippen LogP contribution is -2.08. The first-order chi connectivity index (χ1) is 10.8. The van der Waals surface area contributed by atoms with Crippen LogP contribution in [-0.2, 0) is 0 Å². The van der Waals surface area contributed by atoms with E-state index in [0.717, 1.165) is 18.8 Å². The summed E-state index contributed by atoms with van der Waals surface area (Å²) in [6.07, 6.45) is 7.84. The molecule has 0 aliphatic heterocycles. The molecule has 0 radical (unpaired) electrons. The number of hydrogen-bond donors (Lipinski definition) is 0. The van der Waals surface area contributed by atoms with Crippen molar-refractivity contribution < 1.29 is 14.3 Å². The van der Waals surface area contributed by atoms with Gasteiger partial charge in [-0.1, -0.05) is 26.2 Å². The summed E-state index contributed by atoms with van der Waals surface area (Å²) in [5, 5.41) is 0. The van der Waals surface area contributed by atoms with Gasteiger partial charge in [0.2, 0.25) is 0 Å². The highest BCUT2D eigenvalue weighted by molar-refractivity contribution is 5.90. The van der Waals surface area contributed by atoms with Gasteiger partial charge in [0.15, 0.2) is 0 Å². The van der Waals surface area contributed by atoms with E-state index in [-0.39, 0.29) is 0 Å². The van der Waals surface area contributed by atoms with Crippen LogP contribution in [0.2, 0.25) is 0 Å². The smallest absolute Gasteiger partial charge is 0.343 e. The molecule has 1 aromatic heterocycles. The van der Waals surface area contributed by atoms with E-state index in [0.29, 0.717) is 11.3 Å². The minimum Gasteiger partial charge on any atom is -0.494 e. The van der Waals surface area contributed by atoms with Crippen molar-refractivity contribution in [1.82, 2.24) is 4.98 Å². The quantitative estimate of drug-likeness (QED) is 0.415. The van der Waals surface area contributed by atoms with Crippen molar-refractivity contribution in [2.75, 3.05) is 6.61 Å². The lowest BCUT2D eigenvalue weighted by atomic mass is 10.2. The highest BCUT2D eigenvalue weighted by Gasteiger charge is 2.07. The number of hydrogen-bond acceptors (Lipinski definition) is 4. The number of aromatic nitrogens is 1. The molecule has 4 nitrogen and oxygen atoms in total. The Kier molecular flexibility index (Phi) is 6.42. The molecule has 0 aliphatic rings. The van der Waals surface area contributed by atoms with Crippen molar-refractivity contribution in [2.24, 2.45) is 0 Å². The predicted octanol–water partition coefficient (Wildman–Crippen LogP) is 4.26. The number of benzene rings is 1. The second-order valence-corrected chi connectivity index (χ2v) is 5.01. The molecule has 0 amide bonds. The number of esters is 1. The molecule has 0 fully saturated rings. The van der Waals surface area contributed by atoms with Crippen LogP contribution < -0.4 is 9.47 Å². The fourth-order valence-electron chi connectivity index (χ4n) is 1.98. The average Bonchev–Trinajstić information content (AvgIpc) is 2.57. The summed E-state index contributed by atoms with van der Waals surface area (Å²) >= 11 is 0. The van der Waals surface area contributed by atoms with Crippen LogP contribution in [0.4, 0.5) is 0 Å². The molecular weight excluding hydrogens is 278 g/mol. The van der Waals surface area contributed by atoms with Crippen LogP contribution in [0.15, 0.2) is 48.8 Å². The van der Waals surface area contributed by atoms with Crippen molar-refractivity contribution in [3.05, 3.63) is 54.4 Å². The first-order valence-corrected chi connectivity index (χ1v) is 7.64. The van der Waals surface area contributed by atoms with E-state index in [1.54, 1.807) is 36.7 Å². The van der Waals surface area contributed by atoms with Gasteiger partial charge >= 0.3 is 5.97 Å². The van der Waals surface area contributed by atoms with E-state index < -0.39 is 5.97 Å². The summed E-state index contributed by atoms with van der Waals surface area (Å²) < 4.78 is 10.9. The van der Waals surface area contributed by atoms with Gasteiger partial charge in [0.25, 0.3) is 0 Å². The Balaban J connectivity index is 1.80. The van der Waals surface area contributed by atoms with Crippen LogP contribution in [0, 0.1) is 0 Å². The summed E-state index contributed by atoms with van der Waals surface area (Å²) in [6.45, 7) is 2.91. The predicted molar refractivity (Wildman–Crippen MR) is 85.3 cm³/mol. The molecule has 22 heavy (non-hydrogen) atoms. The molecular formula is C18H21NO3. The van der Waals surface area contributed by atoms with E-state index in [1.807, 2.05) is 12.1 Å². The first-order valence-electron chi connectivity index (χ1n) is 7.64. The normalized spacial score (nSPS) is 10.2. The van der Waals surface area contributed by atoms with Crippen molar-refractivity contribution >= 4 is 5.97 Å². The van der Waals surface area contributed by atoms with Gasteiger partial charge in [0.05, 0.1) is 12.2 Å². The molecule has 2 aromatic rings. The fraction of sp³-hybridized carbons (Fsp3) is 0.333. The van der Waals surface area contributed by atoms with E-state index in [9.17, 15) is 4.79 Å². The third-order valence-electron chi connectivity index (χ3n) is 3.22. The third kappa shape index (κ3) is 5.20. The SMILES string of the molecule is CCCCCCOc1ccc(OC(=O)c2ccncc2)cc1. The molecule has 1 heterocycles. The largest absolute Gasteiger partial charge is 0.494 e.